The van der Waals surface area contributed by atoms with Crippen molar-refractivity contribution in [2.24, 2.45) is 5.73 Å². The van der Waals surface area contributed by atoms with Crippen molar-refractivity contribution in [3.8, 4) is 0 Å². The Morgan fingerprint density at radius 1 is 1.24 bits per heavy atom. The van der Waals surface area contributed by atoms with Crippen LogP contribution in [0.15, 0.2) is 40.6 Å². The maximum atomic E-state index is 12.5. The first-order valence-electron chi connectivity index (χ1n) is 6.75. The normalized spacial score (nSPS) is 12.0. The van der Waals surface area contributed by atoms with Crippen molar-refractivity contribution in [3.05, 3.63) is 52.4 Å². The molecule has 1 aromatic carbocycles. The van der Waals surface area contributed by atoms with Gasteiger partial charge in [0.2, 0.25) is 0 Å². The van der Waals surface area contributed by atoms with Crippen molar-refractivity contribution >= 4 is 21.4 Å². The maximum absolute atomic E-state index is 12.5. The van der Waals surface area contributed by atoms with E-state index < -0.39 is 10.0 Å². The molecule has 0 aliphatic carbocycles. The van der Waals surface area contributed by atoms with Crippen LogP contribution in [0.4, 0.5) is 0 Å². The first-order chi connectivity index (χ1) is 9.95. The fourth-order valence-corrected chi connectivity index (χ4v) is 4.87. The van der Waals surface area contributed by atoms with Crippen LogP contribution >= 0.6 is 11.3 Å². The standard InChI is InChI=1S/C15H20N2O2S2/c1-12-10-15(20-14(12)11-16)21(18,19)17(2)9-8-13-6-4-3-5-7-13/h3-7,10H,8-9,11,16H2,1-2H3. The zero-order valence-electron chi connectivity index (χ0n) is 12.2. The predicted octanol–water partition coefficient (Wildman–Crippen LogP) is 2.38. The second kappa shape index (κ2) is 6.70. The number of hydrogen-bond acceptors (Lipinski definition) is 4. The number of benzene rings is 1. The van der Waals surface area contributed by atoms with E-state index in [1.165, 1.54) is 15.6 Å². The second-order valence-electron chi connectivity index (χ2n) is 4.94. The number of likely N-dealkylation sites (N-methyl/N-ethyl adjacent to an activating group) is 1. The van der Waals surface area contributed by atoms with Gasteiger partial charge in [0, 0.05) is 25.0 Å². The molecule has 0 saturated carbocycles. The molecule has 0 aliphatic heterocycles. The Balaban J connectivity index is 2.11. The molecule has 0 amide bonds. The van der Waals surface area contributed by atoms with E-state index in [1.54, 1.807) is 13.1 Å². The molecule has 0 spiro atoms. The van der Waals surface area contributed by atoms with Gasteiger partial charge in [0.25, 0.3) is 10.0 Å². The fourth-order valence-electron chi connectivity index (χ4n) is 2.02. The van der Waals surface area contributed by atoms with Crippen LogP contribution in [0.1, 0.15) is 16.0 Å². The van der Waals surface area contributed by atoms with E-state index in [0.717, 1.165) is 16.0 Å². The van der Waals surface area contributed by atoms with Crippen LogP contribution in [0.2, 0.25) is 0 Å². The van der Waals surface area contributed by atoms with Gasteiger partial charge in [-0.25, -0.2) is 8.42 Å². The minimum atomic E-state index is -3.42. The van der Waals surface area contributed by atoms with Gasteiger partial charge in [0.05, 0.1) is 0 Å². The van der Waals surface area contributed by atoms with Gasteiger partial charge in [0.1, 0.15) is 4.21 Å². The van der Waals surface area contributed by atoms with Crippen LogP contribution in [0, 0.1) is 6.92 Å². The van der Waals surface area contributed by atoms with E-state index in [0.29, 0.717) is 23.7 Å². The molecule has 1 heterocycles. The van der Waals surface area contributed by atoms with E-state index in [9.17, 15) is 8.42 Å². The Kier molecular flexibility index (Phi) is 5.16. The first kappa shape index (κ1) is 16.2. The summed E-state index contributed by atoms with van der Waals surface area (Å²) in [5, 5.41) is 0. The molecule has 0 saturated heterocycles. The first-order valence-corrected chi connectivity index (χ1v) is 9.00. The number of nitrogens with zero attached hydrogens (tertiary/aromatic N) is 1. The maximum Gasteiger partial charge on any atom is 0.252 e. The van der Waals surface area contributed by atoms with E-state index in [-0.39, 0.29) is 0 Å². The molecule has 2 N–H and O–H groups in total. The molecule has 0 bridgehead atoms. The molecule has 0 atom stereocenters. The number of rotatable bonds is 6. The van der Waals surface area contributed by atoms with Gasteiger partial charge in [-0.05, 0) is 30.5 Å². The molecule has 2 rings (SSSR count). The summed E-state index contributed by atoms with van der Waals surface area (Å²) in [5.41, 5.74) is 7.69. The van der Waals surface area contributed by atoms with Gasteiger partial charge in [-0.1, -0.05) is 30.3 Å². The van der Waals surface area contributed by atoms with Crippen LogP contribution in [0.5, 0.6) is 0 Å². The third-order valence-electron chi connectivity index (χ3n) is 3.41. The number of sulfonamides is 1. The molecule has 4 nitrogen and oxygen atoms in total. The van der Waals surface area contributed by atoms with Gasteiger partial charge < -0.3 is 5.73 Å². The molecule has 21 heavy (non-hydrogen) atoms. The summed E-state index contributed by atoms with van der Waals surface area (Å²) in [5.74, 6) is 0. The highest BCUT2D eigenvalue weighted by Gasteiger charge is 2.23. The van der Waals surface area contributed by atoms with Crippen molar-refractivity contribution in [3.63, 3.8) is 0 Å². The number of hydrogen-bond donors (Lipinski definition) is 1. The Labute approximate surface area is 130 Å². The zero-order valence-corrected chi connectivity index (χ0v) is 13.9. The highest BCUT2D eigenvalue weighted by atomic mass is 32.2. The Bertz CT molecular complexity index is 694. The molecule has 2 aromatic rings. The topological polar surface area (TPSA) is 63.4 Å². The molecular weight excluding hydrogens is 304 g/mol. The van der Waals surface area contributed by atoms with E-state index >= 15 is 0 Å². The predicted molar refractivity (Wildman–Crippen MR) is 86.9 cm³/mol. The smallest absolute Gasteiger partial charge is 0.252 e. The van der Waals surface area contributed by atoms with Crippen LogP contribution in [-0.4, -0.2) is 26.3 Å². The van der Waals surface area contributed by atoms with E-state index in [2.05, 4.69) is 0 Å². The van der Waals surface area contributed by atoms with Crippen LogP contribution in [-0.2, 0) is 23.0 Å². The van der Waals surface area contributed by atoms with E-state index in [4.69, 9.17) is 5.73 Å². The van der Waals surface area contributed by atoms with Crippen molar-refractivity contribution in [2.45, 2.75) is 24.1 Å². The molecule has 0 fully saturated rings. The van der Waals surface area contributed by atoms with Crippen molar-refractivity contribution < 1.29 is 8.42 Å². The summed E-state index contributed by atoms with van der Waals surface area (Å²) in [6.45, 7) is 2.72. The third kappa shape index (κ3) is 3.71. The van der Waals surface area contributed by atoms with Crippen molar-refractivity contribution in [1.29, 1.82) is 0 Å². The minimum Gasteiger partial charge on any atom is -0.326 e. The number of thiophene rings is 1. The SMILES string of the molecule is Cc1cc(S(=O)(=O)N(C)CCc2ccccc2)sc1CN. The number of aryl methyl sites for hydroxylation is 1. The summed E-state index contributed by atoms with van der Waals surface area (Å²) in [4.78, 5) is 0.921. The minimum absolute atomic E-state index is 0.371. The quantitative estimate of drug-likeness (QED) is 0.887. The summed E-state index contributed by atoms with van der Waals surface area (Å²) in [7, 11) is -1.80. The van der Waals surface area contributed by atoms with Crippen molar-refractivity contribution in [1.82, 2.24) is 4.31 Å². The molecule has 6 heteroatoms. The van der Waals surface area contributed by atoms with Crippen molar-refractivity contribution in [2.75, 3.05) is 13.6 Å². The van der Waals surface area contributed by atoms with Gasteiger partial charge in [-0.3, -0.25) is 0 Å². The average molecular weight is 324 g/mol. The second-order valence-corrected chi connectivity index (χ2v) is 8.35. The summed E-state index contributed by atoms with van der Waals surface area (Å²) >= 11 is 1.26. The van der Waals surface area contributed by atoms with Crippen LogP contribution in [0.25, 0.3) is 0 Å². The Morgan fingerprint density at radius 2 is 1.90 bits per heavy atom. The average Bonchev–Trinajstić information content (AvgIpc) is 2.87. The molecular formula is C15H20N2O2S2. The highest BCUT2D eigenvalue weighted by Crippen LogP contribution is 2.27. The fraction of sp³-hybridized carbons (Fsp3) is 0.333. The van der Waals surface area contributed by atoms with Crippen LogP contribution < -0.4 is 5.73 Å². The molecule has 1 aromatic heterocycles. The summed E-state index contributed by atoms with van der Waals surface area (Å²) < 4.78 is 26.8. The van der Waals surface area contributed by atoms with Gasteiger partial charge >= 0.3 is 0 Å². The third-order valence-corrected chi connectivity index (χ3v) is 6.97. The lowest BCUT2D eigenvalue weighted by Gasteiger charge is -2.15. The van der Waals surface area contributed by atoms with Crippen LogP contribution in [0.3, 0.4) is 0 Å². The summed E-state index contributed by atoms with van der Waals surface area (Å²) in [6.07, 6.45) is 0.699. The number of nitrogens with two attached hydrogens (primary N) is 1. The highest BCUT2D eigenvalue weighted by molar-refractivity contribution is 7.91. The Hall–Kier alpha value is -1.21. The largest absolute Gasteiger partial charge is 0.326 e. The lowest BCUT2D eigenvalue weighted by Crippen LogP contribution is -2.28. The molecule has 0 aliphatic rings. The lowest BCUT2D eigenvalue weighted by molar-refractivity contribution is 0.474. The zero-order chi connectivity index (χ0) is 15.5. The lowest BCUT2D eigenvalue weighted by atomic mass is 10.2. The molecule has 114 valence electrons. The summed E-state index contributed by atoms with van der Waals surface area (Å²) in [6, 6.07) is 11.6. The van der Waals surface area contributed by atoms with Gasteiger partial charge in [0.15, 0.2) is 0 Å². The van der Waals surface area contributed by atoms with Gasteiger partial charge in [-0.2, -0.15) is 4.31 Å². The molecule has 0 radical (unpaired) electrons. The van der Waals surface area contributed by atoms with Gasteiger partial charge in [-0.15, -0.1) is 11.3 Å². The molecule has 0 unspecified atom stereocenters. The van der Waals surface area contributed by atoms with E-state index in [1.807, 2.05) is 37.3 Å². The Morgan fingerprint density at radius 3 is 2.48 bits per heavy atom. The monoisotopic (exact) mass is 324 g/mol.